The Balaban J connectivity index is 1.30. The average Bonchev–Trinajstić information content (AvgIpc) is 3.33. The molecule has 4 aromatic rings. The van der Waals surface area contributed by atoms with E-state index in [1.54, 1.807) is 0 Å². The molecule has 0 saturated heterocycles. The molecule has 0 saturated carbocycles. The third-order valence-electron chi connectivity index (χ3n) is 6.72. The SMILES string of the molecule is CCOc1cc(/C=N\N2C(=O)c3ccc4c5c(ccc(c35)C2=O)CC4)cc(I)c1OCc1ccccc1. The molecule has 1 heterocycles. The Kier molecular flexibility index (Phi) is 6.16. The highest BCUT2D eigenvalue weighted by molar-refractivity contribution is 14.1. The van der Waals surface area contributed by atoms with Crippen LogP contribution < -0.4 is 9.47 Å². The monoisotopic (exact) mass is 602 g/mol. The molecule has 0 bridgehead atoms. The number of benzene rings is 4. The molecular formula is C30H23IN2O4. The van der Waals surface area contributed by atoms with Crippen LogP contribution in [0, 0.1) is 3.57 Å². The average molecular weight is 602 g/mol. The van der Waals surface area contributed by atoms with E-state index >= 15 is 0 Å². The highest BCUT2D eigenvalue weighted by atomic mass is 127. The number of carbonyl (C=O) groups excluding carboxylic acids is 2. The lowest BCUT2D eigenvalue weighted by molar-refractivity contribution is 0.0616. The van der Waals surface area contributed by atoms with E-state index in [0.29, 0.717) is 41.4 Å². The number of ether oxygens (including phenoxy) is 2. The van der Waals surface area contributed by atoms with Gasteiger partial charge in [-0.2, -0.15) is 10.1 Å². The second-order valence-corrected chi connectivity index (χ2v) is 10.2. The summed E-state index contributed by atoms with van der Waals surface area (Å²) in [5.74, 6) is 0.404. The number of nitrogens with zero attached hydrogens (tertiary/aromatic N) is 2. The molecule has 1 aliphatic heterocycles. The van der Waals surface area contributed by atoms with Crippen LogP contribution in [-0.4, -0.2) is 29.6 Å². The molecule has 6 nitrogen and oxygen atoms in total. The molecule has 7 heteroatoms. The van der Waals surface area contributed by atoms with Crippen molar-refractivity contribution in [2.24, 2.45) is 5.10 Å². The van der Waals surface area contributed by atoms with E-state index in [9.17, 15) is 9.59 Å². The fourth-order valence-corrected chi connectivity index (χ4v) is 5.81. The predicted molar refractivity (Wildman–Crippen MR) is 151 cm³/mol. The minimum Gasteiger partial charge on any atom is -0.490 e. The van der Waals surface area contributed by atoms with E-state index in [1.165, 1.54) is 17.3 Å². The van der Waals surface area contributed by atoms with E-state index in [4.69, 9.17) is 9.47 Å². The predicted octanol–water partition coefficient (Wildman–Crippen LogP) is 6.15. The summed E-state index contributed by atoms with van der Waals surface area (Å²) in [5, 5.41) is 7.12. The van der Waals surface area contributed by atoms with Crippen molar-refractivity contribution in [1.29, 1.82) is 0 Å². The maximum Gasteiger partial charge on any atom is 0.282 e. The summed E-state index contributed by atoms with van der Waals surface area (Å²) in [7, 11) is 0. The molecule has 2 amide bonds. The van der Waals surface area contributed by atoms with Gasteiger partial charge in [0.2, 0.25) is 0 Å². The minimum absolute atomic E-state index is 0.410. The Bertz CT molecular complexity index is 1540. The molecule has 0 spiro atoms. The molecule has 6 rings (SSSR count). The molecule has 4 aromatic carbocycles. The van der Waals surface area contributed by atoms with Crippen LogP contribution in [0.3, 0.4) is 0 Å². The normalized spacial score (nSPS) is 14.2. The minimum atomic E-state index is -0.410. The first-order valence-corrected chi connectivity index (χ1v) is 13.3. The summed E-state index contributed by atoms with van der Waals surface area (Å²) >= 11 is 2.20. The first-order chi connectivity index (χ1) is 18.0. The molecule has 37 heavy (non-hydrogen) atoms. The van der Waals surface area contributed by atoms with Crippen molar-refractivity contribution in [2.75, 3.05) is 6.61 Å². The second-order valence-electron chi connectivity index (χ2n) is 9.00. The molecule has 0 atom stereocenters. The Morgan fingerprint density at radius 1 is 0.892 bits per heavy atom. The number of amides is 2. The van der Waals surface area contributed by atoms with Crippen molar-refractivity contribution in [2.45, 2.75) is 26.4 Å². The summed E-state index contributed by atoms with van der Waals surface area (Å²) in [6.07, 6.45) is 3.39. The number of halogens is 1. The van der Waals surface area contributed by atoms with Crippen LogP contribution >= 0.6 is 22.6 Å². The Labute approximate surface area is 228 Å². The number of carbonyl (C=O) groups is 2. The van der Waals surface area contributed by atoms with Gasteiger partial charge in [-0.1, -0.05) is 42.5 Å². The Morgan fingerprint density at radius 3 is 2.22 bits per heavy atom. The maximum absolute atomic E-state index is 13.3. The van der Waals surface area contributed by atoms with Crippen LogP contribution in [0.2, 0.25) is 0 Å². The molecule has 2 aliphatic rings. The van der Waals surface area contributed by atoms with E-state index < -0.39 is 11.8 Å². The van der Waals surface area contributed by atoms with Crippen LogP contribution in [-0.2, 0) is 19.4 Å². The van der Waals surface area contributed by atoms with Crippen LogP contribution in [0.4, 0.5) is 0 Å². The topological polar surface area (TPSA) is 68.2 Å². The zero-order valence-corrected chi connectivity index (χ0v) is 22.3. The molecule has 0 unspecified atom stereocenters. The van der Waals surface area contributed by atoms with E-state index in [0.717, 1.165) is 37.8 Å². The summed E-state index contributed by atoms with van der Waals surface area (Å²) in [6, 6.07) is 21.3. The molecular weight excluding hydrogens is 579 g/mol. The molecule has 0 fully saturated rings. The van der Waals surface area contributed by atoms with Gasteiger partial charge in [-0.15, -0.1) is 0 Å². The molecule has 0 N–H and O–H groups in total. The number of hydrogen-bond acceptors (Lipinski definition) is 5. The Morgan fingerprint density at radius 2 is 1.57 bits per heavy atom. The number of hydrogen-bond donors (Lipinski definition) is 0. The smallest absolute Gasteiger partial charge is 0.282 e. The lowest BCUT2D eigenvalue weighted by Gasteiger charge is -2.23. The molecule has 1 aliphatic carbocycles. The highest BCUT2D eigenvalue weighted by Crippen LogP contribution is 2.39. The van der Waals surface area contributed by atoms with E-state index in [2.05, 4.69) is 27.7 Å². The van der Waals surface area contributed by atoms with E-state index in [1.807, 2.05) is 73.7 Å². The summed E-state index contributed by atoms with van der Waals surface area (Å²) in [6.45, 7) is 2.79. The van der Waals surface area contributed by atoms with Crippen molar-refractivity contribution in [3.8, 4) is 11.5 Å². The van der Waals surface area contributed by atoms with Crippen LogP contribution in [0.25, 0.3) is 10.8 Å². The van der Waals surface area contributed by atoms with Gasteiger partial charge in [0.05, 0.1) is 27.5 Å². The van der Waals surface area contributed by atoms with Crippen molar-refractivity contribution in [3.05, 3.63) is 104 Å². The standard InChI is InChI=1S/C30H23IN2O4/c1-2-36-25-15-19(14-24(31)28(25)37-17-18-6-4-3-5-7-18)16-32-33-29(34)22-12-10-20-8-9-21-11-13-23(30(33)35)27(22)26(20)21/h3-7,10-16H,2,8-9,17H2,1H3/b32-16-. The number of imide groups is 1. The molecule has 184 valence electrons. The van der Waals surface area contributed by atoms with Crippen molar-refractivity contribution in [1.82, 2.24) is 5.01 Å². The van der Waals surface area contributed by atoms with Gasteiger partial charge in [-0.05, 0) is 94.3 Å². The lowest BCUT2D eigenvalue weighted by Crippen LogP contribution is -2.36. The fraction of sp³-hybridized carbons (Fsp3) is 0.167. The van der Waals surface area contributed by atoms with Gasteiger partial charge >= 0.3 is 0 Å². The number of hydrazone groups is 1. The lowest BCUT2D eigenvalue weighted by atomic mass is 9.92. The van der Waals surface area contributed by atoms with Gasteiger partial charge < -0.3 is 9.47 Å². The summed E-state index contributed by atoms with van der Waals surface area (Å²) in [4.78, 5) is 26.7. The zero-order chi connectivity index (χ0) is 25.5. The zero-order valence-electron chi connectivity index (χ0n) is 20.2. The van der Waals surface area contributed by atoms with Crippen molar-refractivity contribution < 1.29 is 19.1 Å². The third-order valence-corrected chi connectivity index (χ3v) is 7.52. The van der Waals surface area contributed by atoms with E-state index in [-0.39, 0.29) is 0 Å². The summed E-state index contributed by atoms with van der Waals surface area (Å²) in [5.41, 5.74) is 5.17. The molecule has 0 radical (unpaired) electrons. The van der Waals surface area contributed by atoms with Gasteiger partial charge in [0.1, 0.15) is 6.61 Å². The van der Waals surface area contributed by atoms with Gasteiger partial charge in [0.25, 0.3) is 11.8 Å². The van der Waals surface area contributed by atoms with Crippen LogP contribution in [0.1, 0.15) is 49.9 Å². The number of aryl methyl sites for hydroxylation is 2. The first-order valence-electron chi connectivity index (χ1n) is 12.2. The third kappa shape index (κ3) is 4.17. The largest absolute Gasteiger partial charge is 0.490 e. The maximum atomic E-state index is 13.3. The fourth-order valence-electron chi connectivity index (χ4n) is 5.03. The van der Waals surface area contributed by atoms with Gasteiger partial charge in [-0.25, -0.2) is 0 Å². The van der Waals surface area contributed by atoms with Gasteiger partial charge in [0.15, 0.2) is 11.5 Å². The second kappa shape index (κ2) is 9.63. The highest BCUT2D eigenvalue weighted by Gasteiger charge is 2.35. The van der Waals surface area contributed by atoms with Crippen LogP contribution in [0.15, 0.2) is 71.8 Å². The molecule has 0 aromatic heterocycles. The first kappa shape index (κ1) is 23.7. The number of rotatable bonds is 7. The van der Waals surface area contributed by atoms with Crippen LogP contribution in [0.5, 0.6) is 11.5 Å². The Hall–Kier alpha value is -3.72. The van der Waals surface area contributed by atoms with Gasteiger partial charge in [-0.3, -0.25) is 9.59 Å². The summed E-state index contributed by atoms with van der Waals surface area (Å²) < 4.78 is 12.8. The van der Waals surface area contributed by atoms with Crippen molar-refractivity contribution in [3.63, 3.8) is 0 Å². The quantitative estimate of drug-likeness (QED) is 0.145. The van der Waals surface area contributed by atoms with Crippen molar-refractivity contribution >= 4 is 51.4 Å². The van der Waals surface area contributed by atoms with Gasteiger partial charge in [0, 0.05) is 5.39 Å².